The van der Waals surface area contributed by atoms with Gasteiger partial charge in [0.2, 0.25) is 0 Å². The van der Waals surface area contributed by atoms with E-state index in [9.17, 15) is 0 Å². The molecule has 1 aromatic rings. The highest BCUT2D eigenvalue weighted by atomic mass is 14.7. The van der Waals surface area contributed by atoms with Gasteiger partial charge in [0, 0.05) is 0 Å². The van der Waals surface area contributed by atoms with Crippen molar-refractivity contribution in [2.24, 2.45) is 0 Å². The molecule has 1 heterocycles. The molecule has 0 unspecified atom stereocenters. The van der Waals surface area contributed by atoms with Crippen molar-refractivity contribution in [1.82, 2.24) is 4.98 Å². The fourth-order valence-electron chi connectivity index (χ4n) is 0.721. The van der Waals surface area contributed by atoms with Gasteiger partial charge in [-0.1, -0.05) is 6.07 Å². The Morgan fingerprint density at radius 1 is 1.36 bits per heavy atom. The van der Waals surface area contributed by atoms with E-state index in [2.05, 4.69) is 4.98 Å². The highest BCUT2D eigenvalue weighted by Crippen LogP contribution is 1.97. The van der Waals surface area contributed by atoms with Crippen molar-refractivity contribution in [1.29, 1.82) is 10.5 Å². The van der Waals surface area contributed by atoms with E-state index in [4.69, 9.17) is 10.5 Å². The van der Waals surface area contributed by atoms with E-state index < -0.39 is 0 Å². The maximum absolute atomic E-state index is 8.43. The Hall–Kier alpha value is -1.87. The number of nitrogens with zero attached hydrogens (tertiary/aromatic N) is 3. The predicted molar refractivity (Wildman–Crippen MR) is 38.3 cm³/mol. The summed E-state index contributed by atoms with van der Waals surface area (Å²) < 4.78 is 0. The summed E-state index contributed by atoms with van der Waals surface area (Å²) in [5.74, 6) is 0. The normalized spacial score (nSPS) is 8.18. The minimum absolute atomic E-state index is 0.259. The van der Waals surface area contributed by atoms with Crippen molar-refractivity contribution in [2.45, 2.75) is 6.42 Å². The van der Waals surface area contributed by atoms with Crippen molar-refractivity contribution in [3.63, 3.8) is 0 Å². The lowest BCUT2D eigenvalue weighted by atomic mass is 10.2. The summed E-state index contributed by atoms with van der Waals surface area (Å²) in [5.41, 5.74) is 1.00. The smallest absolute Gasteiger partial charge is 0.140 e. The molecule has 3 nitrogen and oxygen atoms in total. The van der Waals surface area contributed by atoms with Gasteiger partial charge in [-0.25, -0.2) is 4.98 Å². The Kier molecular flexibility index (Phi) is 2.20. The second-order valence-electron chi connectivity index (χ2n) is 1.96. The average molecular weight is 143 g/mol. The Balaban J connectivity index is 2.96. The molecule has 0 aliphatic heterocycles. The fourth-order valence-corrected chi connectivity index (χ4v) is 0.721. The van der Waals surface area contributed by atoms with Gasteiger partial charge in [-0.05, 0) is 12.1 Å². The van der Waals surface area contributed by atoms with Crippen LogP contribution in [0.1, 0.15) is 11.4 Å². The van der Waals surface area contributed by atoms with Crippen LogP contribution in [0.25, 0.3) is 0 Å². The summed E-state index contributed by atoms with van der Waals surface area (Å²) in [6, 6.07) is 8.93. The molecule has 0 N–H and O–H groups in total. The van der Waals surface area contributed by atoms with Crippen LogP contribution in [0.4, 0.5) is 0 Å². The van der Waals surface area contributed by atoms with Crippen molar-refractivity contribution in [3.05, 3.63) is 29.6 Å². The number of nitriles is 2. The van der Waals surface area contributed by atoms with Gasteiger partial charge in [0.05, 0.1) is 18.2 Å². The molecule has 0 bridgehead atoms. The first-order chi connectivity index (χ1) is 5.36. The van der Waals surface area contributed by atoms with Crippen molar-refractivity contribution in [3.8, 4) is 12.1 Å². The molecule has 0 amide bonds. The van der Waals surface area contributed by atoms with E-state index in [1.165, 1.54) is 0 Å². The van der Waals surface area contributed by atoms with E-state index >= 15 is 0 Å². The van der Waals surface area contributed by atoms with Crippen LogP contribution in [-0.2, 0) is 6.42 Å². The van der Waals surface area contributed by atoms with Gasteiger partial charge in [0.1, 0.15) is 11.8 Å². The van der Waals surface area contributed by atoms with E-state index in [1.54, 1.807) is 18.2 Å². The minimum Gasteiger partial charge on any atom is -0.241 e. The molecule has 1 aromatic heterocycles. The zero-order valence-electron chi connectivity index (χ0n) is 5.78. The molecule has 3 heteroatoms. The Morgan fingerprint density at radius 2 is 2.18 bits per heavy atom. The SMILES string of the molecule is N#CCc1cccc(C#N)n1. The van der Waals surface area contributed by atoms with E-state index in [1.807, 2.05) is 12.1 Å². The topological polar surface area (TPSA) is 60.5 Å². The van der Waals surface area contributed by atoms with Crippen molar-refractivity contribution >= 4 is 0 Å². The third kappa shape index (κ3) is 1.77. The summed E-state index contributed by atoms with van der Waals surface area (Å²) in [4.78, 5) is 3.90. The second-order valence-corrected chi connectivity index (χ2v) is 1.96. The van der Waals surface area contributed by atoms with Crippen LogP contribution in [0.3, 0.4) is 0 Å². The molecule has 0 saturated heterocycles. The van der Waals surface area contributed by atoms with Crippen LogP contribution < -0.4 is 0 Å². The molecule has 0 radical (unpaired) electrons. The van der Waals surface area contributed by atoms with Gasteiger partial charge in [-0.3, -0.25) is 0 Å². The standard InChI is InChI=1S/C8H5N3/c9-5-4-7-2-1-3-8(6-10)11-7/h1-3H,4H2. The van der Waals surface area contributed by atoms with Crippen LogP contribution in [0.15, 0.2) is 18.2 Å². The number of hydrogen-bond donors (Lipinski definition) is 0. The van der Waals surface area contributed by atoms with Gasteiger partial charge in [-0.15, -0.1) is 0 Å². The van der Waals surface area contributed by atoms with Gasteiger partial charge < -0.3 is 0 Å². The molecule has 0 spiro atoms. The van der Waals surface area contributed by atoms with Crippen molar-refractivity contribution < 1.29 is 0 Å². The second kappa shape index (κ2) is 3.34. The monoisotopic (exact) mass is 143 g/mol. The van der Waals surface area contributed by atoms with Crippen LogP contribution in [-0.4, -0.2) is 4.98 Å². The first kappa shape index (κ1) is 7.24. The number of aromatic nitrogens is 1. The highest BCUT2D eigenvalue weighted by molar-refractivity contribution is 5.23. The summed E-state index contributed by atoms with van der Waals surface area (Å²) in [5, 5.41) is 16.7. The number of pyridine rings is 1. The molecule has 0 fully saturated rings. The quantitative estimate of drug-likeness (QED) is 0.589. The van der Waals surface area contributed by atoms with E-state index in [-0.39, 0.29) is 6.42 Å². The lowest BCUT2D eigenvalue weighted by Gasteiger charge is -1.91. The van der Waals surface area contributed by atoms with Crippen LogP contribution >= 0.6 is 0 Å². The summed E-state index contributed by atoms with van der Waals surface area (Å²) in [6.07, 6.45) is 0.259. The first-order valence-electron chi connectivity index (χ1n) is 3.10. The molecule has 0 saturated carbocycles. The Bertz CT molecular complexity index is 330. The molecule has 0 aliphatic carbocycles. The van der Waals surface area contributed by atoms with Crippen LogP contribution in [0.2, 0.25) is 0 Å². The van der Waals surface area contributed by atoms with Crippen LogP contribution in [0.5, 0.6) is 0 Å². The Morgan fingerprint density at radius 3 is 2.82 bits per heavy atom. The summed E-state index contributed by atoms with van der Waals surface area (Å²) in [6.45, 7) is 0. The lowest BCUT2D eigenvalue weighted by Crippen LogP contribution is -1.89. The average Bonchev–Trinajstić information content (AvgIpc) is 2.06. The Labute approximate surface area is 64.5 Å². The molecule has 52 valence electrons. The van der Waals surface area contributed by atoms with Crippen molar-refractivity contribution in [2.75, 3.05) is 0 Å². The maximum atomic E-state index is 8.43. The predicted octanol–water partition coefficient (Wildman–Crippen LogP) is 1.02. The van der Waals surface area contributed by atoms with Gasteiger partial charge in [-0.2, -0.15) is 10.5 Å². The van der Waals surface area contributed by atoms with E-state index in [0.717, 1.165) is 0 Å². The molecule has 0 aliphatic rings. The van der Waals surface area contributed by atoms with E-state index in [0.29, 0.717) is 11.4 Å². The molecule has 0 atom stereocenters. The fraction of sp³-hybridized carbons (Fsp3) is 0.125. The first-order valence-corrected chi connectivity index (χ1v) is 3.10. The summed E-state index contributed by atoms with van der Waals surface area (Å²) in [7, 11) is 0. The van der Waals surface area contributed by atoms with Gasteiger partial charge in [0.25, 0.3) is 0 Å². The minimum atomic E-state index is 0.259. The zero-order chi connectivity index (χ0) is 8.10. The molecular formula is C8H5N3. The maximum Gasteiger partial charge on any atom is 0.140 e. The largest absolute Gasteiger partial charge is 0.241 e. The third-order valence-electron chi connectivity index (χ3n) is 1.18. The summed E-state index contributed by atoms with van der Waals surface area (Å²) >= 11 is 0. The molecular weight excluding hydrogens is 138 g/mol. The highest BCUT2D eigenvalue weighted by Gasteiger charge is 1.94. The van der Waals surface area contributed by atoms with Gasteiger partial charge >= 0.3 is 0 Å². The molecule has 11 heavy (non-hydrogen) atoms. The number of rotatable bonds is 1. The van der Waals surface area contributed by atoms with Crippen LogP contribution in [0, 0.1) is 22.7 Å². The third-order valence-corrected chi connectivity index (χ3v) is 1.18. The zero-order valence-corrected chi connectivity index (χ0v) is 5.78. The molecule has 1 rings (SSSR count). The lowest BCUT2D eigenvalue weighted by molar-refractivity contribution is 1.09. The molecule has 0 aromatic carbocycles. The van der Waals surface area contributed by atoms with Gasteiger partial charge in [0.15, 0.2) is 0 Å². The number of hydrogen-bond acceptors (Lipinski definition) is 3.